The number of carbonyl (C=O) groups excluding carboxylic acids is 2. The summed E-state index contributed by atoms with van der Waals surface area (Å²) in [6, 6.07) is 7.87. The van der Waals surface area contributed by atoms with Crippen molar-refractivity contribution in [3.63, 3.8) is 0 Å². The molecular weight excluding hydrogens is 338 g/mol. The van der Waals surface area contributed by atoms with Gasteiger partial charge in [0.15, 0.2) is 0 Å². The maximum atomic E-state index is 12.6. The van der Waals surface area contributed by atoms with Crippen LogP contribution in [-0.4, -0.2) is 54.5 Å². The second-order valence-electron chi connectivity index (χ2n) is 6.99. The minimum Gasteiger partial charge on any atom is -0.369 e. The van der Waals surface area contributed by atoms with Crippen LogP contribution in [0.25, 0.3) is 0 Å². The summed E-state index contributed by atoms with van der Waals surface area (Å²) in [4.78, 5) is 31.1. The molecule has 2 amide bonds. The van der Waals surface area contributed by atoms with E-state index in [1.54, 1.807) is 0 Å². The Bertz CT molecular complexity index is 686. The van der Waals surface area contributed by atoms with Crippen LogP contribution in [0, 0.1) is 11.8 Å². The summed E-state index contributed by atoms with van der Waals surface area (Å²) in [5.41, 5.74) is 1.12. The summed E-state index contributed by atoms with van der Waals surface area (Å²) >= 11 is 6.07. The van der Waals surface area contributed by atoms with Crippen LogP contribution in [0.15, 0.2) is 36.4 Å². The lowest BCUT2D eigenvalue weighted by atomic mass is 9.85. The lowest BCUT2D eigenvalue weighted by Gasteiger charge is -2.37. The van der Waals surface area contributed by atoms with E-state index < -0.39 is 0 Å². The standard InChI is InChI=1S/C19H22ClN3O2/c20-14-4-3-5-15(12-14)22-10-8-21(9-11-22)13-23-18(24)16-6-1-2-7-17(16)19(23)25/h1-5,12,16-17H,6-11,13H2/t16-,17-/m0/s1. The fraction of sp³-hybridized carbons (Fsp3) is 0.474. The molecule has 2 saturated heterocycles. The van der Waals surface area contributed by atoms with Crippen LogP contribution in [-0.2, 0) is 9.59 Å². The SMILES string of the molecule is O=C1[C@H]2CC=CC[C@@H]2C(=O)N1CN1CCN(c2cccc(Cl)c2)CC1. The number of amides is 2. The first-order valence-electron chi connectivity index (χ1n) is 8.86. The molecule has 0 bridgehead atoms. The minimum absolute atomic E-state index is 0.0108. The van der Waals surface area contributed by atoms with E-state index in [0.29, 0.717) is 19.5 Å². The summed E-state index contributed by atoms with van der Waals surface area (Å²) in [6.07, 6.45) is 5.46. The third kappa shape index (κ3) is 3.18. The number of fused-ring (bicyclic) bond motifs is 1. The highest BCUT2D eigenvalue weighted by Crippen LogP contribution is 2.35. The summed E-state index contributed by atoms with van der Waals surface area (Å²) in [5, 5.41) is 0.740. The van der Waals surface area contributed by atoms with Gasteiger partial charge >= 0.3 is 0 Å². The Hall–Kier alpha value is -1.85. The highest BCUT2D eigenvalue weighted by Gasteiger charge is 2.47. The fourth-order valence-corrected chi connectivity index (χ4v) is 4.21. The van der Waals surface area contributed by atoms with E-state index in [2.05, 4.69) is 15.9 Å². The monoisotopic (exact) mass is 359 g/mol. The number of benzene rings is 1. The molecule has 1 aliphatic carbocycles. The summed E-state index contributed by atoms with van der Waals surface area (Å²) in [5.74, 6) is -0.247. The van der Waals surface area contributed by atoms with Crippen LogP contribution in [0.3, 0.4) is 0 Å². The van der Waals surface area contributed by atoms with Gasteiger partial charge in [0.25, 0.3) is 0 Å². The smallest absolute Gasteiger partial charge is 0.234 e. The van der Waals surface area contributed by atoms with Crippen molar-refractivity contribution in [2.45, 2.75) is 12.8 Å². The Morgan fingerprint density at radius 3 is 2.20 bits per heavy atom. The predicted octanol–water partition coefficient (Wildman–Crippen LogP) is 2.37. The van der Waals surface area contributed by atoms with Gasteiger partial charge in [0, 0.05) is 36.9 Å². The molecular formula is C19H22ClN3O2. The number of carbonyl (C=O) groups is 2. The minimum atomic E-state index is -0.134. The van der Waals surface area contributed by atoms with E-state index >= 15 is 0 Å². The third-order valence-corrected chi connectivity index (χ3v) is 5.72. The molecule has 2 fully saturated rings. The van der Waals surface area contributed by atoms with Crippen LogP contribution >= 0.6 is 11.6 Å². The number of hydrogen-bond acceptors (Lipinski definition) is 4. The number of imide groups is 1. The number of allylic oxidation sites excluding steroid dienone is 2. The Balaban J connectivity index is 1.36. The Kier molecular flexibility index (Phi) is 4.52. The van der Waals surface area contributed by atoms with Crippen molar-refractivity contribution in [2.24, 2.45) is 11.8 Å². The maximum Gasteiger partial charge on any atom is 0.234 e. The van der Waals surface area contributed by atoms with Gasteiger partial charge in [-0.15, -0.1) is 0 Å². The molecule has 3 aliphatic rings. The van der Waals surface area contributed by atoms with Crippen molar-refractivity contribution in [3.8, 4) is 0 Å². The molecule has 2 aliphatic heterocycles. The van der Waals surface area contributed by atoms with Gasteiger partial charge in [-0.2, -0.15) is 0 Å². The summed E-state index contributed by atoms with van der Waals surface area (Å²) in [6.45, 7) is 3.82. The second kappa shape index (κ2) is 6.81. The van der Waals surface area contributed by atoms with E-state index in [1.165, 1.54) is 4.90 Å². The van der Waals surface area contributed by atoms with Gasteiger partial charge in [-0.25, -0.2) is 0 Å². The lowest BCUT2D eigenvalue weighted by Crippen LogP contribution is -2.51. The largest absolute Gasteiger partial charge is 0.369 e. The van der Waals surface area contributed by atoms with Gasteiger partial charge in [0.05, 0.1) is 18.5 Å². The van der Waals surface area contributed by atoms with Crippen molar-refractivity contribution < 1.29 is 9.59 Å². The summed E-state index contributed by atoms with van der Waals surface area (Å²) < 4.78 is 0. The van der Waals surface area contributed by atoms with Crippen molar-refractivity contribution in [2.75, 3.05) is 37.7 Å². The predicted molar refractivity (Wildman–Crippen MR) is 97.3 cm³/mol. The molecule has 0 saturated carbocycles. The van der Waals surface area contributed by atoms with Crippen molar-refractivity contribution in [1.82, 2.24) is 9.80 Å². The van der Waals surface area contributed by atoms with E-state index in [-0.39, 0.29) is 23.7 Å². The van der Waals surface area contributed by atoms with Gasteiger partial charge in [-0.1, -0.05) is 29.8 Å². The molecule has 2 atom stereocenters. The normalized spacial score (nSPS) is 27.1. The first-order valence-corrected chi connectivity index (χ1v) is 9.24. The van der Waals surface area contributed by atoms with Gasteiger partial charge in [-0.3, -0.25) is 19.4 Å². The second-order valence-corrected chi connectivity index (χ2v) is 7.42. The van der Waals surface area contributed by atoms with Crippen LogP contribution in [0.5, 0.6) is 0 Å². The van der Waals surface area contributed by atoms with Crippen LogP contribution in [0.2, 0.25) is 5.02 Å². The van der Waals surface area contributed by atoms with E-state index in [0.717, 1.165) is 36.9 Å². The molecule has 1 aromatic rings. The van der Waals surface area contributed by atoms with E-state index in [9.17, 15) is 9.59 Å². The molecule has 25 heavy (non-hydrogen) atoms. The zero-order valence-corrected chi connectivity index (χ0v) is 14.9. The quantitative estimate of drug-likeness (QED) is 0.614. The van der Waals surface area contributed by atoms with Crippen molar-refractivity contribution >= 4 is 29.1 Å². The topological polar surface area (TPSA) is 43.9 Å². The number of hydrogen-bond donors (Lipinski definition) is 0. The zero-order valence-electron chi connectivity index (χ0n) is 14.1. The summed E-state index contributed by atoms with van der Waals surface area (Å²) in [7, 11) is 0. The van der Waals surface area contributed by atoms with Crippen LogP contribution < -0.4 is 4.90 Å². The Labute approximate surface area is 152 Å². The molecule has 6 heteroatoms. The Morgan fingerprint density at radius 2 is 1.60 bits per heavy atom. The number of anilines is 1. The number of likely N-dealkylation sites (tertiary alicyclic amines) is 1. The molecule has 4 rings (SSSR count). The first-order chi connectivity index (χ1) is 12.1. The van der Waals surface area contributed by atoms with Gasteiger partial charge in [0.2, 0.25) is 11.8 Å². The van der Waals surface area contributed by atoms with Gasteiger partial charge < -0.3 is 4.90 Å². The average molecular weight is 360 g/mol. The molecule has 0 unspecified atom stereocenters. The number of piperazine rings is 1. The number of halogens is 1. The molecule has 0 N–H and O–H groups in total. The molecule has 0 aromatic heterocycles. The number of nitrogens with zero attached hydrogens (tertiary/aromatic N) is 3. The van der Waals surface area contributed by atoms with Gasteiger partial charge in [-0.05, 0) is 31.0 Å². The lowest BCUT2D eigenvalue weighted by molar-refractivity contribution is -0.142. The van der Waals surface area contributed by atoms with Gasteiger partial charge in [0.1, 0.15) is 0 Å². The Morgan fingerprint density at radius 1 is 0.960 bits per heavy atom. The number of rotatable bonds is 3. The fourth-order valence-electron chi connectivity index (χ4n) is 4.03. The molecule has 1 aromatic carbocycles. The van der Waals surface area contributed by atoms with E-state index in [4.69, 9.17) is 11.6 Å². The van der Waals surface area contributed by atoms with Crippen LogP contribution in [0.4, 0.5) is 5.69 Å². The molecule has 5 nitrogen and oxygen atoms in total. The highest BCUT2D eigenvalue weighted by molar-refractivity contribution is 6.30. The average Bonchev–Trinajstić information content (AvgIpc) is 2.88. The maximum absolute atomic E-state index is 12.6. The van der Waals surface area contributed by atoms with Crippen molar-refractivity contribution in [3.05, 3.63) is 41.4 Å². The van der Waals surface area contributed by atoms with E-state index in [1.807, 2.05) is 30.4 Å². The van der Waals surface area contributed by atoms with Crippen LogP contribution in [0.1, 0.15) is 12.8 Å². The highest BCUT2D eigenvalue weighted by atomic mass is 35.5. The first kappa shape index (κ1) is 16.6. The third-order valence-electron chi connectivity index (χ3n) is 5.49. The molecule has 2 heterocycles. The zero-order chi connectivity index (χ0) is 17.4. The molecule has 0 spiro atoms. The molecule has 132 valence electrons. The van der Waals surface area contributed by atoms with Crippen molar-refractivity contribution in [1.29, 1.82) is 0 Å². The molecule has 0 radical (unpaired) electrons.